The quantitative estimate of drug-likeness (QED) is 0.329. The van der Waals surface area contributed by atoms with Gasteiger partial charge < -0.3 is 9.47 Å². The summed E-state index contributed by atoms with van der Waals surface area (Å²) in [4.78, 5) is 5.10. The molecule has 0 atom stereocenters. The summed E-state index contributed by atoms with van der Waals surface area (Å²) in [5.74, 6) is 0. The van der Waals surface area contributed by atoms with E-state index in [1.165, 1.54) is 97.8 Å². The molecule has 1 aliphatic carbocycles. The molecule has 190 valence electrons. The van der Waals surface area contributed by atoms with Crippen LogP contribution in [0.15, 0.2) is 36.4 Å². The van der Waals surface area contributed by atoms with E-state index in [0.717, 1.165) is 59.0 Å². The summed E-state index contributed by atoms with van der Waals surface area (Å²) in [6.45, 7) is 10.6. The molecule has 0 radical (unpaired) electrons. The van der Waals surface area contributed by atoms with Crippen molar-refractivity contribution in [2.75, 3.05) is 65.7 Å². The van der Waals surface area contributed by atoms with Crippen LogP contribution in [0.4, 0.5) is 0 Å². The molecule has 2 aromatic rings. The number of rotatable bonds is 12. The van der Waals surface area contributed by atoms with Gasteiger partial charge >= 0.3 is 0 Å². The lowest BCUT2D eigenvalue weighted by atomic mass is 9.99. The molecule has 2 saturated heterocycles. The van der Waals surface area contributed by atoms with Crippen molar-refractivity contribution in [2.45, 2.75) is 57.8 Å². The SMILES string of the molecule is c1cc2c(cc1CCCCCN1CCOCC1)Cc1cc(CCCCCN3CCOCC3)ccc1-2. The number of hydrogen-bond donors (Lipinski definition) is 0. The van der Waals surface area contributed by atoms with Crippen LogP contribution >= 0.6 is 0 Å². The molecule has 0 unspecified atom stereocenters. The zero-order valence-electron chi connectivity index (χ0n) is 21.6. The second kappa shape index (κ2) is 13.0. The van der Waals surface area contributed by atoms with Crippen LogP contribution in [0.2, 0.25) is 0 Å². The molecule has 3 aliphatic rings. The Kier molecular flexibility index (Phi) is 9.27. The number of ether oxygens (including phenoxy) is 2. The van der Waals surface area contributed by atoms with Crippen LogP contribution in [0.25, 0.3) is 11.1 Å². The highest BCUT2D eigenvalue weighted by molar-refractivity contribution is 5.77. The first kappa shape index (κ1) is 25.0. The third kappa shape index (κ3) is 7.16. The molecule has 2 heterocycles. The molecular formula is C31H44N2O2. The molecule has 0 bridgehead atoms. The number of fused-ring (bicyclic) bond motifs is 3. The minimum atomic E-state index is 0.911. The van der Waals surface area contributed by atoms with Crippen LogP contribution in [0, 0.1) is 0 Å². The normalized spacial score (nSPS) is 18.5. The van der Waals surface area contributed by atoms with Crippen molar-refractivity contribution in [3.63, 3.8) is 0 Å². The molecule has 2 aromatic carbocycles. The van der Waals surface area contributed by atoms with Crippen LogP contribution in [-0.2, 0) is 28.7 Å². The maximum atomic E-state index is 5.45. The van der Waals surface area contributed by atoms with Gasteiger partial charge in [0.2, 0.25) is 0 Å². The topological polar surface area (TPSA) is 24.9 Å². The van der Waals surface area contributed by atoms with Crippen molar-refractivity contribution in [3.05, 3.63) is 58.7 Å². The van der Waals surface area contributed by atoms with Gasteiger partial charge in [0, 0.05) is 26.2 Å². The molecule has 0 spiro atoms. The van der Waals surface area contributed by atoms with Gasteiger partial charge in [-0.2, -0.15) is 0 Å². The van der Waals surface area contributed by atoms with Crippen molar-refractivity contribution in [1.29, 1.82) is 0 Å². The Morgan fingerprint density at radius 3 is 1.46 bits per heavy atom. The van der Waals surface area contributed by atoms with Crippen LogP contribution in [0.5, 0.6) is 0 Å². The van der Waals surface area contributed by atoms with Crippen molar-refractivity contribution >= 4 is 0 Å². The fourth-order valence-electron chi connectivity index (χ4n) is 5.96. The fraction of sp³-hybridized carbons (Fsp3) is 0.613. The minimum absolute atomic E-state index is 0.911. The van der Waals surface area contributed by atoms with Gasteiger partial charge in [0.1, 0.15) is 0 Å². The molecule has 0 amide bonds. The predicted molar refractivity (Wildman–Crippen MR) is 144 cm³/mol. The highest BCUT2D eigenvalue weighted by atomic mass is 16.5. The van der Waals surface area contributed by atoms with E-state index in [-0.39, 0.29) is 0 Å². The largest absolute Gasteiger partial charge is 0.379 e. The van der Waals surface area contributed by atoms with Gasteiger partial charge in [-0.3, -0.25) is 9.80 Å². The van der Waals surface area contributed by atoms with E-state index in [4.69, 9.17) is 9.47 Å². The second-order valence-electron chi connectivity index (χ2n) is 10.7. The maximum Gasteiger partial charge on any atom is 0.0594 e. The van der Waals surface area contributed by atoms with Crippen molar-refractivity contribution < 1.29 is 9.47 Å². The summed E-state index contributed by atoms with van der Waals surface area (Å²) in [6, 6.07) is 14.5. The summed E-state index contributed by atoms with van der Waals surface area (Å²) in [5, 5.41) is 0. The molecule has 4 nitrogen and oxygen atoms in total. The van der Waals surface area contributed by atoms with Crippen molar-refractivity contribution in [1.82, 2.24) is 9.80 Å². The Morgan fingerprint density at radius 2 is 1.00 bits per heavy atom. The number of unbranched alkanes of at least 4 members (excludes halogenated alkanes) is 4. The third-order valence-corrected chi connectivity index (χ3v) is 8.10. The zero-order chi connectivity index (χ0) is 23.7. The molecule has 2 fully saturated rings. The van der Waals surface area contributed by atoms with Gasteiger partial charge in [-0.1, -0.05) is 49.2 Å². The van der Waals surface area contributed by atoms with Gasteiger partial charge in [0.15, 0.2) is 0 Å². The van der Waals surface area contributed by atoms with Gasteiger partial charge in [-0.05, 0) is 91.4 Å². The Bertz CT molecular complexity index is 856. The molecular weight excluding hydrogens is 432 g/mol. The van der Waals surface area contributed by atoms with Crippen LogP contribution < -0.4 is 0 Å². The first-order valence-corrected chi connectivity index (χ1v) is 14.2. The Morgan fingerprint density at radius 1 is 0.543 bits per heavy atom. The molecule has 5 rings (SSSR count). The standard InChI is InChI=1S/C31H44N2O2/c1(5-13-32-15-19-34-20-16-32)3-7-26-9-11-30-28(23-26)25-29-24-27(10-12-31(29)30)8-4-2-6-14-33-17-21-35-22-18-33/h9-12,23-24H,1-8,13-22,25H2. The van der Waals surface area contributed by atoms with E-state index in [1.54, 1.807) is 0 Å². The lowest BCUT2D eigenvalue weighted by Crippen LogP contribution is -2.36. The summed E-state index contributed by atoms with van der Waals surface area (Å²) in [7, 11) is 0. The highest BCUT2D eigenvalue weighted by Gasteiger charge is 2.19. The molecule has 0 aromatic heterocycles. The minimum Gasteiger partial charge on any atom is -0.379 e. The van der Waals surface area contributed by atoms with E-state index in [2.05, 4.69) is 46.2 Å². The van der Waals surface area contributed by atoms with E-state index in [1.807, 2.05) is 0 Å². The molecule has 4 heteroatoms. The number of benzene rings is 2. The average molecular weight is 477 g/mol. The van der Waals surface area contributed by atoms with E-state index < -0.39 is 0 Å². The smallest absolute Gasteiger partial charge is 0.0594 e. The van der Waals surface area contributed by atoms with Gasteiger partial charge in [-0.15, -0.1) is 0 Å². The third-order valence-electron chi connectivity index (χ3n) is 8.10. The van der Waals surface area contributed by atoms with E-state index in [9.17, 15) is 0 Å². The number of aryl methyl sites for hydroxylation is 2. The molecule has 0 N–H and O–H groups in total. The van der Waals surface area contributed by atoms with Gasteiger partial charge in [-0.25, -0.2) is 0 Å². The van der Waals surface area contributed by atoms with E-state index in [0.29, 0.717) is 0 Å². The van der Waals surface area contributed by atoms with Crippen LogP contribution in [0.1, 0.15) is 60.8 Å². The van der Waals surface area contributed by atoms with Gasteiger partial charge in [0.05, 0.1) is 26.4 Å². The molecule has 2 aliphatic heterocycles. The number of hydrogen-bond acceptors (Lipinski definition) is 4. The lowest BCUT2D eigenvalue weighted by molar-refractivity contribution is 0.0371. The Labute approximate surface area is 212 Å². The first-order chi connectivity index (χ1) is 17.3. The lowest BCUT2D eigenvalue weighted by Gasteiger charge is -2.26. The number of morpholine rings is 2. The fourth-order valence-corrected chi connectivity index (χ4v) is 5.96. The molecule has 0 saturated carbocycles. The first-order valence-electron chi connectivity index (χ1n) is 14.2. The van der Waals surface area contributed by atoms with Crippen LogP contribution in [-0.4, -0.2) is 75.5 Å². The predicted octanol–water partition coefficient (Wildman–Crippen LogP) is 5.35. The Balaban J connectivity index is 1.03. The molecule has 35 heavy (non-hydrogen) atoms. The highest BCUT2D eigenvalue weighted by Crippen LogP contribution is 2.38. The summed E-state index contributed by atoms with van der Waals surface area (Å²) >= 11 is 0. The summed E-state index contributed by atoms with van der Waals surface area (Å²) < 4.78 is 10.9. The summed E-state index contributed by atoms with van der Waals surface area (Å²) in [6.07, 6.45) is 11.4. The second-order valence-corrected chi connectivity index (χ2v) is 10.7. The van der Waals surface area contributed by atoms with Crippen LogP contribution in [0.3, 0.4) is 0 Å². The zero-order valence-corrected chi connectivity index (χ0v) is 21.6. The van der Waals surface area contributed by atoms with E-state index >= 15 is 0 Å². The number of nitrogens with zero attached hydrogens (tertiary/aromatic N) is 2. The van der Waals surface area contributed by atoms with Crippen molar-refractivity contribution in [3.8, 4) is 11.1 Å². The summed E-state index contributed by atoms with van der Waals surface area (Å²) in [5.41, 5.74) is 9.04. The maximum absolute atomic E-state index is 5.45. The Hall–Kier alpha value is -1.72. The monoisotopic (exact) mass is 476 g/mol. The van der Waals surface area contributed by atoms with Gasteiger partial charge in [0.25, 0.3) is 0 Å². The van der Waals surface area contributed by atoms with Crippen molar-refractivity contribution in [2.24, 2.45) is 0 Å². The average Bonchev–Trinajstić information content (AvgIpc) is 3.26.